The number of aliphatic hydroxyl groups excluding tert-OH is 1. The van der Waals surface area contributed by atoms with E-state index in [0.29, 0.717) is 6.42 Å². The van der Waals surface area contributed by atoms with Crippen LogP contribution >= 0.6 is 0 Å². The number of hydrogen-bond acceptors (Lipinski definition) is 6. The second-order valence-electron chi connectivity index (χ2n) is 12.0. The first-order chi connectivity index (χ1) is 19.5. The highest BCUT2D eigenvalue weighted by molar-refractivity contribution is 6.74. The molecule has 2 heterocycles. The maximum atomic E-state index is 13.3. The Bertz CT molecular complexity index is 973. The number of epoxide rings is 1. The van der Waals surface area contributed by atoms with Gasteiger partial charge < -0.3 is 28.2 Å². The van der Waals surface area contributed by atoms with Crippen molar-refractivity contribution in [2.75, 3.05) is 6.61 Å². The van der Waals surface area contributed by atoms with Gasteiger partial charge in [-0.15, -0.1) is 0 Å². The van der Waals surface area contributed by atoms with Crippen LogP contribution < -0.4 is 4.74 Å². The standard InChI is InChI=1S/C30H49F3O6Si2/c1-7-40(8-2,9-3)38-24-18-23-22(17-26(34)36-23)27(24)29-28(37-29)25(39-41(10-4,11-5)12-6)19-35-21-15-13-14-20(16-21)30(31,32)33/h13-16,22-29,34H,7-12,17-19H2,1-6H3/t22-,23-,24+,25?,26?,27+,28?,29+/m0/s1. The number of fused-ring (bicyclic) bond motifs is 1. The maximum Gasteiger partial charge on any atom is 0.416 e. The summed E-state index contributed by atoms with van der Waals surface area (Å²) in [5.41, 5.74) is -0.736. The minimum atomic E-state index is -4.44. The van der Waals surface area contributed by atoms with Crippen LogP contribution in [0, 0.1) is 11.8 Å². The molecule has 0 bridgehead atoms. The second-order valence-corrected chi connectivity index (χ2v) is 21.5. The molecule has 234 valence electrons. The Morgan fingerprint density at radius 1 is 0.927 bits per heavy atom. The lowest BCUT2D eigenvalue weighted by Crippen LogP contribution is -2.46. The van der Waals surface area contributed by atoms with Crippen LogP contribution in [0.3, 0.4) is 0 Å². The average Bonchev–Trinajstić information content (AvgIpc) is 3.56. The zero-order valence-electron chi connectivity index (χ0n) is 25.4. The Morgan fingerprint density at radius 2 is 1.56 bits per heavy atom. The predicted octanol–water partition coefficient (Wildman–Crippen LogP) is 7.38. The van der Waals surface area contributed by atoms with Crippen molar-refractivity contribution >= 4 is 16.6 Å². The number of hydrogen-bond donors (Lipinski definition) is 1. The Labute approximate surface area is 245 Å². The molecular formula is C30H49F3O6Si2. The third kappa shape index (κ3) is 7.24. The van der Waals surface area contributed by atoms with E-state index in [1.165, 1.54) is 6.07 Å². The van der Waals surface area contributed by atoms with Crippen LogP contribution in [0.1, 0.15) is 59.9 Å². The molecule has 2 aliphatic heterocycles. The average molecular weight is 619 g/mol. The van der Waals surface area contributed by atoms with Crippen molar-refractivity contribution in [1.82, 2.24) is 0 Å². The minimum Gasteiger partial charge on any atom is -0.491 e. The van der Waals surface area contributed by atoms with Crippen LogP contribution in [-0.4, -0.2) is 65.2 Å². The first-order valence-corrected chi connectivity index (χ1v) is 20.7. The first kappa shape index (κ1) is 32.9. The van der Waals surface area contributed by atoms with E-state index in [2.05, 4.69) is 41.5 Å². The number of rotatable bonds is 15. The van der Waals surface area contributed by atoms with Gasteiger partial charge in [-0.05, 0) is 66.8 Å². The van der Waals surface area contributed by atoms with Crippen LogP contribution in [0.5, 0.6) is 5.75 Å². The molecule has 1 aromatic carbocycles. The molecule has 0 radical (unpaired) electrons. The molecule has 0 spiro atoms. The van der Waals surface area contributed by atoms with E-state index in [9.17, 15) is 18.3 Å². The van der Waals surface area contributed by atoms with Gasteiger partial charge in [0.2, 0.25) is 0 Å². The van der Waals surface area contributed by atoms with E-state index < -0.39 is 40.8 Å². The number of ether oxygens (including phenoxy) is 3. The van der Waals surface area contributed by atoms with Gasteiger partial charge in [-0.1, -0.05) is 47.6 Å². The summed E-state index contributed by atoms with van der Waals surface area (Å²) in [5, 5.41) is 10.3. The molecule has 11 heteroatoms. The molecule has 3 unspecified atom stereocenters. The van der Waals surface area contributed by atoms with Crippen LogP contribution in [-0.2, 0) is 24.5 Å². The van der Waals surface area contributed by atoms with Crippen molar-refractivity contribution in [2.24, 2.45) is 11.8 Å². The summed E-state index contributed by atoms with van der Waals surface area (Å²) in [6.07, 6.45) is -4.74. The van der Waals surface area contributed by atoms with E-state index in [1.54, 1.807) is 6.07 Å². The van der Waals surface area contributed by atoms with Crippen molar-refractivity contribution in [3.8, 4) is 5.75 Å². The molecule has 1 saturated carbocycles. The van der Waals surface area contributed by atoms with Gasteiger partial charge in [-0.2, -0.15) is 13.2 Å². The lowest BCUT2D eigenvalue weighted by Gasteiger charge is -2.35. The SMILES string of the molecule is CC[Si](CC)(CC)OC(COc1cccc(C(F)(F)F)c1)C1O[C@@H]1[C@@H]1[C@H]2CC(O)O[C@H]2C[C@H]1O[Si](CC)(CC)CC. The molecule has 41 heavy (non-hydrogen) atoms. The van der Waals surface area contributed by atoms with E-state index in [1.807, 2.05) is 0 Å². The molecule has 3 fully saturated rings. The lowest BCUT2D eigenvalue weighted by molar-refractivity contribution is -0.137. The minimum absolute atomic E-state index is 0.00502. The van der Waals surface area contributed by atoms with Gasteiger partial charge in [0.25, 0.3) is 0 Å². The molecule has 0 amide bonds. The Hall–Kier alpha value is -0.956. The molecule has 4 rings (SSSR count). The Morgan fingerprint density at radius 3 is 2.15 bits per heavy atom. The zero-order chi connectivity index (χ0) is 30.0. The monoisotopic (exact) mass is 618 g/mol. The van der Waals surface area contributed by atoms with Gasteiger partial charge in [0.15, 0.2) is 22.9 Å². The zero-order valence-corrected chi connectivity index (χ0v) is 27.4. The third-order valence-corrected chi connectivity index (χ3v) is 19.6. The summed E-state index contributed by atoms with van der Waals surface area (Å²) in [6, 6.07) is 11.0. The molecule has 1 aromatic rings. The van der Waals surface area contributed by atoms with Crippen molar-refractivity contribution in [1.29, 1.82) is 0 Å². The van der Waals surface area contributed by atoms with Crippen molar-refractivity contribution < 1.29 is 41.3 Å². The van der Waals surface area contributed by atoms with E-state index in [4.69, 9.17) is 23.1 Å². The molecular weight excluding hydrogens is 569 g/mol. The smallest absolute Gasteiger partial charge is 0.416 e. The molecule has 1 aliphatic carbocycles. The highest BCUT2D eigenvalue weighted by Crippen LogP contribution is 2.52. The molecule has 6 nitrogen and oxygen atoms in total. The summed E-state index contributed by atoms with van der Waals surface area (Å²) in [6.45, 7) is 13.2. The van der Waals surface area contributed by atoms with E-state index in [-0.39, 0.29) is 48.6 Å². The van der Waals surface area contributed by atoms with Gasteiger partial charge in [0.1, 0.15) is 24.6 Å². The number of benzene rings is 1. The summed E-state index contributed by atoms with van der Waals surface area (Å²) in [5.74, 6) is 0.374. The Balaban J connectivity index is 1.56. The molecule has 1 N–H and O–H groups in total. The molecule has 3 aliphatic rings. The fraction of sp³-hybridized carbons (Fsp3) is 0.800. The van der Waals surface area contributed by atoms with Crippen molar-refractivity contribution in [2.45, 2.75) is 134 Å². The van der Waals surface area contributed by atoms with Gasteiger partial charge in [-0.25, -0.2) is 0 Å². The fourth-order valence-corrected chi connectivity index (χ4v) is 12.9. The predicted molar refractivity (Wildman–Crippen MR) is 157 cm³/mol. The van der Waals surface area contributed by atoms with Crippen molar-refractivity contribution in [3.05, 3.63) is 29.8 Å². The highest BCUT2D eigenvalue weighted by Gasteiger charge is 2.62. The summed E-state index contributed by atoms with van der Waals surface area (Å²) >= 11 is 0. The third-order valence-electron chi connectivity index (χ3n) is 10.2. The number of alkyl halides is 3. The second kappa shape index (κ2) is 13.4. The highest BCUT2D eigenvalue weighted by atomic mass is 28.4. The number of halogens is 3. The van der Waals surface area contributed by atoms with Gasteiger partial charge in [-0.3, -0.25) is 0 Å². The van der Waals surface area contributed by atoms with E-state index in [0.717, 1.165) is 54.8 Å². The quantitative estimate of drug-likeness (QED) is 0.163. The molecule has 2 saturated heterocycles. The van der Waals surface area contributed by atoms with Crippen molar-refractivity contribution in [3.63, 3.8) is 0 Å². The van der Waals surface area contributed by atoms with Gasteiger partial charge in [0.05, 0.1) is 23.9 Å². The lowest BCUT2D eigenvalue weighted by atomic mass is 9.87. The van der Waals surface area contributed by atoms with Gasteiger partial charge >= 0.3 is 6.18 Å². The number of aliphatic hydroxyl groups is 1. The normalized spacial score (nSPS) is 30.8. The Kier molecular flexibility index (Phi) is 10.7. The molecule has 8 atom stereocenters. The van der Waals surface area contributed by atoms with Gasteiger partial charge in [0, 0.05) is 12.3 Å². The molecule has 0 aromatic heterocycles. The maximum absolute atomic E-state index is 13.3. The summed E-state index contributed by atoms with van der Waals surface area (Å²) in [4.78, 5) is 0. The van der Waals surface area contributed by atoms with E-state index >= 15 is 0 Å². The summed E-state index contributed by atoms with van der Waals surface area (Å²) < 4.78 is 72.2. The largest absolute Gasteiger partial charge is 0.491 e. The van der Waals surface area contributed by atoms with Crippen LogP contribution in [0.2, 0.25) is 36.3 Å². The van der Waals surface area contributed by atoms with Crippen LogP contribution in [0.4, 0.5) is 13.2 Å². The van der Waals surface area contributed by atoms with Crippen LogP contribution in [0.15, 0.2) is 24.3 Å². The topological polar surface area (TPSA) is 69.7 Å². The summed E-state index contributed by atoms with van der Waals surface area (Å²) in [7, 11) is -4.00. The fourth-order valence-electron chi connectivity index (χ4n) is 7.15. The van der Waals surface area contributed by atoms with Crippen LogP contribution in [0.25, 0.3) is 0 Å². The first-order valence-electron chi connectivity index (χ1n) is 15.6.